The average Bonchev–Trinajstić information content (AvgIpc) is 3.24. The van der Waals surface area contributed by atoms with E-state index in [0.717, 1.165) is 29.5 Å². The summed E-state index contributed by atoms with van der Waals surface area (Å²) in [4.78, 5) is 30.3. The Kier molecular flexibility index (Phi) is 7.66. The van der Waals surface area contributed by atoms with E-state index in [1.54, 1.807) is 6.07 Å². The van der Waals surface area contributed by atoms with E-state index in [0.29, 0.717) is 37.1 Å². The van der Waals surface area contributed by atoms with Gasteiger partial charge in [0.2, 0.25) is 0 Å². The molecule has 0 atom stereocenters. The number of aromatic nitrogens is 1. The van der Waals surface area contributed by atoms with E-state index in [9.17, 15) is 14.9 Å². The van der Waals surface area contributed by atoms with Crippen molar-refractivity contribution in [1.82, 2.24) is 10.3 Å². The topological polar surface area (TPSA) is 110 Å². The van der Waals surface area contributed by atoms with Gasteiger partial charge in [0.1, 0.15) is 0 Å². The Labute approximate surface area is 206 Å². The lowest BCUT2D eigenvalue weighted by molar-refractivity contribution is -0.384. The van der Waals surface area contributed by atoms with Crippen LogP contribution in [0.25, 0.3) is 10.2 Å². The molecule has 1 aromatic heterocycles. The summed E-state index contributed by atoms with van der Waals surface area (Å²) >= 11 is 6.80. The number of carbonyl (C=O) groups excluding carboxylic acids is 1. The number of thiocarbonyl (C=S) groups is 1. The van der Waals surface area contributed by atoms with Gasteiger partial charge in [-0.05, 0) is 48.8 Å². The Morgan fingerprint density at radius 1 is 1.26 bits per heavy atom. The number of unbranched alkanes of at least 4 members (excludes halogenated alkanes) is 1. The van der Waals surface area contributed by atoms with Crippen LogP contribution in [0.15, 0.2) is 36.4 Å². The number of amides is 1. The number of anilines is 2. The first-order chi connectivity index (χ1) is 16.4. The zero-order valence-corrected chi connectivity index (χ0v) is 20.3. The second-order valence-electron chi connectivity index (χ2n) is 7.89. The summed E-state index contributed by atoms with van der Waals surface area (Å²) in [6, 6.07) is 10.5. The molecule has 2 N–H and O–H groups in total. The Hall–Kier alpha value is -3.15. The first kappa shape index (κ1) is 24.0. The van der Waals surface area contributed by atoms with Crippen LogP contribution >= 0.6 is 23.6 Å². The van der Waals surface area contributed by atoms with Crippen molar-refractivity contribution in [2.45, 2.75) is 26.2 Å². The molecular formula is C23H25N5O4S2. The quantitative estimate of drug-likeness (QED) is 0.278. The molecule has 178 valence electrons. The zero-order chi connectivity index (χ0) is 24.1. The lowest BCUT2D eigenvalue weighted by Crippen LogP contribution is -2.39. The molecule has 1 aliphatic heterocycles. The van der Waals surface area contributed by atoms with Gasteiger partial charge in [-0.2, -0.15) is 0 Å². The zero-order valence-electron chi connectivity index (χ0n) is 18.7. The third-order valence-electron chi connectivity index (χ3n) is 5.51. The maximum absolute atomic E-state index is 13.1. The number of nitro groups is 1. The third-order valence-corrected chi connectivity index (χ3v) is 6.64. The van der Waals surface area contributed by atoms with Crippen molar-refractivity contribution in [3.05, 3.63) is 57.6 Å². The van der Waals surface area contributed by atoms with Crippen LogP contribution in [0.4, 0.5) is 16.5 Å². The number of nitrogens with zero attached hydrogens (tertiary/aromatic N) is 3. The largest absolute Gasteiger partial charge is 0.378 e. The predicted molar refractivity (Wildman–Crippen MR) is 138 cm³/mol. The van der Waals surface area contributed by atoms with Gasteiger partial charge in [-0.1, -0.05) is 30.7 Å². The molecule has 9 nitrogen and oxygen atoms in total. The Bertz CT molecular complexity index is 1220. The van der Waals surface area contributed by atoms with Crippen LogP contribution in [0.3, 0.4) is 0 Å². The van der Waals surface area contributed by atoms with Gasteiger partial charge >= 0.3 is 0 Å². The van der Waals surface area contributed by atoms with E-state index in [2.05, 4.69) is 34.7 Å². The highest BCUT2D eigenvalue weighted by molar-refractivity contribution is 7.80. The molecule has 3 aromatic rings. The summed E-state index contributed by atoms with van der Waals surface area (Å²) in [5.41, 5.74) is 2.75. The molecule has 0 saturated carbocycles. The van der Waals surface area contributed by atoms with Crippen molar-refractivity contribution < 1.29 is 14.5 Å². The molecule has 2 heterocycles. The molecule has 0 spiro atoms. The lowest BCUT2D eigenvalue weighted by Gasteiger charge is -2.30. The highest BCUT2D eigenvalue weighted by atomic mass is 32.1. The van der Waals surface area contributed by atoms with Gasteiger partial charge in [-0.3, -0.25) is 20.2 Å². The number of morpholine rings is 1. The number of nitrogens with one attached hydrogen (secondary N) is 2. The number of rotatable bonds is 7. The summed E-state index contributed by atoms with van der Waals surface area (Å²) in [5, 5.41) is 17.5. The number of hydrogen-bond donors (Lipinski definition) is 2. The van der Waals surface area contributed by atoms with Crippen LogP contribution in [-0.2, 0) is 11.2 Å². The van der Waals surface area contributed by atoms with Gasteiger partial charge in [0.15, 0.2) is 10.2 Å². The fourth-order valence-corrected chi connectivity index (χ4v) is 4.95. The summed E-state index contributed by atoms with van der Waals surface area (Å²) in [6.07, 6.45) is 3.30. The maximum Gasteiger partial charge on any atom is 0.270 e. The first-order valence-corrected chi connectivity index (χ1v) is 12.3. The Balaban J connectivity index is 1.49. The van der Waals surface area contributed by atoms with Crippen molar-refractivity contribution >= 4 is 61.3 Å². The summed E-state index contributed by atoms with van der Waals surface area (Å²) in [5.74, 6) is -0.523. The summed E-state index contributed by atoms with van der Waals surface area (Å²) < 4.78 is 6.42. The van der Waals surface area contributed by atoms with Gasteiger partial charge in [0.25, 0.3) is 11.6 Å². The number of thiazole rings is 1. The molecule has 1 amide bonds. The SMILES string of the molecule is CCCCc1ccc2nc(NC(=S)NC(=O)c3cc([N+](=O)[O-])ccc3N3CCOCC3)sc2c1. The van der Waals surface area contributed by atoms with Gasteiger partial charge in [0, 0.05) is 25.2 Å². The lowest BCUT2D eigenvalue weighted by atomic mass is 10.1. The third kappa shape index (κ3) is 5.66. The first-order valence-electron chi connectivity index (χ1n) is 11.1. The van der Waals surface area contributed by atoms with E-state index in [-0.39, 0.29) is 16.4 Å². The Morgan fingerprint density at radius 2 is 2.06 bits per heavy atom. The second-order valence-corrected chi connectivity index (χ2v) is 9.33. The Morgan fingerprint density at radius 3 is 2.79 bits per heavy atom. The van der Waals surface area contributed by atoms with E-state index in [1.807, 2.05) is 11.0 Å². The van der Waals surface area contributed by atoms with E-state index < -0.39 is 10.8 Å². The molecule has 11 heteroatoms. The smallest absolute Gasteiger partial charge is 0.270 e. The number of non-ortho nitro benzene ring substituents is 1. The van der Waals surface area contributed by atoms with E-state index >= 15 is 0 Å². The average molecular weight is 500 g/mol. The highest BCUT2D eigenvalue weighted by Crippen LogP contribution is 2.28. The number of aryl methyl sites for hydroxylation is 1. The molecule has 0 unspecified atom stereocenters. The minimum atomic E-state index is -0.523. The molecule has 1 aliphatic rings. The van der Waals surface area contributed by atoms with E-state index in [1.165, 1.54) is 29.0 Å². The number of nitro benzene ring substituents is 1. The standard InChI is InChI=1S/C23H25N5O4S2/c1-2-3-4-15-5-7-18-20(13-15)34-23(24-18)26-22(33)25-21(29)17-14-16(28(30)31)6-8-19(17)27-9-11-32-12-10-27/h5-8,13-14H,2-4,9-12H2,1H3,(H2,24,25,26,29,33). The number of ether oxygens (including phenoxy) is 1. The molecule has 2 aromatic carbocycles. The van der Waals surface area contributed by atoms with E-state index in [4.69, 9.17) is 17.0 Å². The van der Waals surface area contributed by atoms with Crippen LogP contribution in [0.2, 0.25) is 0 Å². The van der Waals surface area contributed by atoms with Crippen molar-refractivity contribution in [3.63, 3.8) is 0 Å². The van der Waals surface area contributed by atoms with Crippen molar-refractivity contribution in [3.8, 4) is 0 Å². The predicted octanol–water partition coefficient (Wildman–Crippen LogP) is 4.51. The molecule has 0 radical (unpaired) electrons. The van der Waals surface area contributed by atoms with Gasteiger partial charge < -0.3 is 15.0 Å². The van der Waals surface area contributed by atoms with Crippen molar-refractivity contribution in [1.29, 1.82) is 0 Å². The van der Waals surface area contributed by atoms with Crippen LogP contribution < -0.4 is 15.5 Å². The van der Waals surface area contributed by atoms with Crippen molar-refractivity contribution in [2.24, 2.45) is 0 Å². The monoisotopic (exact) mass is 499 g/mol. The minimum absolute atomic E-state index is 0.0784. The molecule has 0 aliphatic carbocycles. The number of fused-ring (bicyclic) bond motifs is 1. The van der Waals surface area contributed by atoms with Gasteiger partial charge in [0.05, 0.1) is 39.6 Å². The number of carbonyl (C=O) groups is 1. The van der Waals surface area contributed by atoms with Gasteiger partial charge in [-0.15, -0.1) is 0 Å². The fraction of sp³-hybridized carbons (Fsp3) is 0.348. The molecule has 34 heavy (non-hydrogen) atoms. The fourth-order valence-electron chi connectivity index (χ4n) is 3.76. The second kappa shape index (κ2) is 10.9. The summed E-state index contributed by atoms with van der Waals surface area (Å²) in [6.45, 7) is 4.39. The van der Waals surface area contributed by atoms with Gasteiger partial charge in [-0.25, -0.2) is 4.98 Å². The van der Waals surface area contributed by atoms with Crippen molar-refractivity contribution in [2.75, 3.05) is 36.5 Å². The maximum atomic E-state index is 13.1. The molecule has 1 saturated heterocycles. The highest BCUT2D eigenvalue weighted by Gasteiger charge is 2.23. The summed E-state index contributed by atoms with van der Waals surface area (Å²) in [7, 11) is 0. The van der Waals surface area contributed by atoms with Crippen LogP contribution in [0.5, 0.6) is 0 Å². The molecular weight excluding hydrogens is 474 g/mol. The molecule has 1 fully saturated rings. The normalized spacial score (nSPS) is 13.6. The van der Waals surface area contributed by atoms with Crippen LogP contribution in [0, 0.1) is 10.1 Å². The number of hydrogen-bond acceptors (Lipinski definition) is 8. The molecule has 4 rings (SSSR count). The van der Waals surface area contributed by atoms with Crippen LogP contribution in [0.1, 0.15) is 35.7 Å². The molecule has 0 bridgehead atoms. The van der Waals surface area contributed by atoms with Crippen LogP contribution in [-0.4, -0.2) is 47.2 Å². The number of benzene rings is 2. The minimum Gasteiger partial charge on any atom is -0.378 e.